The van der Waals surface area contributed by atoms with Gasteiger partial charge in [-0.1, -0.05) is 6.92 Å². The molecule has 17 heavy (non-hydrogen) atoms. The van der Waals surface area contributed by atoms with Gasteiger partial charge in [-0.25, -0.2) is 4.98 Å². The zero-order chi connectivity index (χ0) is 12.1. The summed E-state index contributed by atoms with van der Waals surface area (Å²) < 4.78 is 5.07. The van der Waals surface area contributed by atoms with Gasteiger partial charge in [0.25, 0.3) is 0 Å². The van der Waals surface area contributed by atoms with E-state index in [1.165, 1.54) is 12.8 Å². The molecule has 1 aromatic heterocycles. The van der Waals surface area contributed by atoms with Crippen molar-refractivity contribution in [1.29, 1.82) is 0 Å². The molecule has 1 fully saturated rings. The van der Waals surface area contributed by atoms with Gasteiger partial charge in [0, 0.05) is 18.8 Å². The normalized spacial score (nSPS) is 18.7. The predicted octanol–water partition coefficient (Wildman–Crippen LogP) is 1.29. The minimum atomic E-state index is 0.331. The molecule has 1 aliphatic heterocycles. The quantitative estimate of drug-likeness (QED) is 0.825. The van der Waals surface area contributed by atoms with Gasteiger partial charge in [0.1, 0.15) is 0 Å². The van der Waals surface area contributed by atoms with Crippen LogP contribution in [0.3, 0.4) is 0 Å². The van der Waals surface area contributed by atoms with Crippen LogP contribution in [0.4, 0.5) is 5.95 Å². The fourth-order valence-corrected chi connectivity index (χ4v) is 2.04. The van der Waals surface area contributed by atoms with E-state index in [1.807, 2.05) is 0 Å². The number of hydrogen-bond acceptors (Lipinski definition) is 5. The summed E-state index contributed by atoms with van der Waals surface area (Å²) in [7, 11) is 1.61. The third kappa shape index (κ3) is 3.30. The smallest absolute Gasteiger partial charge is 0.225 e. The summed E-state index contributed by atoms with van der Waals surface area (Å²) in [6.45, 7) is 5.40. The van der Waals surface area contributed by atoms with E-state index in [9.17, 15) is 0 Å². The highest BCUT2D eigenvalue weighted by molar-refractivity contribution is 5.27. The molecule has 0 radical (unpaired) electrons. The molecule has 0 saturated carbocycles. The first kappa shape index (κ1) is 12.1. The molecule has 0 aromatic carbocycles. The SMILES string of the molecule is COc1ccnc(NCC2(C)CCNCC2)n1. The van der Waals surface area contributed by atoms with E-state index in [-0.39, 0.29) is 0 Å². The predicted molar refractivity (Wildman–Crippen MR) is 67.3 cm³/mol. The Bertz CT molecular complexity index is 363. The molecule has 0 aliphatic carbocycles. The summed E-state index contributed by atoms with van der Waals surface area (Å²) in [4.78, 5) is 8.43. The number of methoxy groups -OCH3 is 1. The first-order valence-corrected chi connectivity index (χ1v) is 6.03. The molecule has 0 bridgehead atoms. The van der Waals surface area contributed by atoms with Gasteiger partial charge in [0.05, 0.1) is 7.11 Å². The van der Waals surface area contributed by atoms with Crippen molar-refractivity contribution in [2.45, 2.75) is 19.8 Å². The minimum Gasteiger partial charge on any atom is -0.481 e. The van der Waals surface area contributed by atoms with Crippen LogP contribution in [0, 0.1) is 5.41 Å². The van der Waals surface area contributed by atoms with Crippen molar-refractivity contribution < 1.29 is 4.74 Å². The van der Waals surface area contributed by atoms with Crippen LogP contribution in [-0.4, -0.2) is 36.7 Å². The lowest BCUT2D eigenvalue weighted by Gasteiger charge is -2.34. The van der Waals surface area contributed by atoms with Gasteiger partial charge in [-0.15, -0.1) is 0 Å². The Morgan fingerprint density at radius 3 is 2.94 bits per heavy atom. The molecule has 0 amide bonds. The number of aromatic nitrogens is 2. The zero-order valence-corrected chi connectivity index (χ0v) is 10.5. The Balaban J connectivity index is 1.92. The fourth-order valence-electron chi connectivity index (χ4n) is 2.04. The van der Waals surface area contributed by atoms with Crippen LogP contribution in [0.5, 0.6) is 5.88 Å². The Kier molecular flexibility index (Phi) is 3.78. The van der Waals surface area contributed by atoms with Crippen molar-refractivity contribution in [3.8, 4) is 5.88 Å². The zero-order valence-electron chi connectivity index (χ0n) is 10.5. The summed E-state index contributed by atoms with van der Waals surface area (Å²) in [5.41, 5.74) is 0.331. The van der Waals surface area contributed by atoms with E-state index in [2.05, 4.69) is 27.5 Å². The Labute approximate surface area is 102 Å². The second-order valence-electron chi connectivity index (χ2n) is 4.84. The highest BCUT2D eigenvalue weighted by atomic mass is 16.5. The first-order valence-electron chi connectivity index (χ1n) is 6.03. The fraction of sp³-hybridized carbons (Fsp3) is 0.667. The van der Waals surface area contributed by atoms with Crippen LogP contribution in [0.15, 0.2) is 12.3 Å². The molecule has 1 aromatic rings. The standard InChI is InChI=1S/C12H20N4O/c1-12(4-7-13-8-5-12)9-15-11-14-6-3-10(16-11)17-2/h3,6,13H,4-5,7-9H2,1-2H3,(H,14,15,16). The number of nitrogens with one attached hydrogen (secondary N) is 2. The maximum atomic E-state index is 5.07. The van der Waals surface area contributed by atoms with E-state index in [0.717, 1.165) is 19.6 Å². The molecule has 0 atom stereocenters. The molecule has 2 N–H and O–H groups in total. The maximum Gasteiger partial charge on any atom is 0.225 e. The van der Waals surface area contributed by atoms with Crippen molar-refractivity contribution in [1.82, 2.24) is 15.3 Å². The van der Waals surface area contributed by atoms with Crippen molar-refractivity contribution in [2.24, 2.45) is 5.41 Å². The number of anilines is 1. The van der Waals surface area contributed by atoms with Crippen LogP contribution in [0.1, 0.15) is 19.8 Å². The number of piperidine rings is 1. The van der Waals surface area contributed by atoms with Crippen molar-refractivity contribution in [2.75, 3.05) is 32.1 Å². The highest BCUT2D eigenvalue weighted by Crippen LogP contribution is 2.27. The molecule has 2 heterocycles. The average molecular weight is 236 g/mol. The molecule has 1 saturated heterocycles. The van der Waals surface area contributed by atoms with E-state index in [1.54, 1.807) is 19.4 Å². The molecule has 0 spiro atoms. The number of ether oxygens (including phenoxy) is 1. The molecule has 94 valence electrons. The van der Waals surface area contributed by atoms with Gasteiger partial charge in [-0.2, -0.15) is 4.98 Å². The summed E-state index contributed by atoms with van der Waals surface area (Å²) >= 11 is 0. The second kappa shape index (κ2) is 5.31. The van der Waals surface area contributed by atoms with E-state index >= 15 is 0 Å². The van der Waals surface area contributed by atoms with Gasteiger partial charge in [-0.05, 0) is 31.3 Å². The van der Waals surface area contributed by atoms with Gasteiger partial charge >= 0.3 is 0 Å². The summed E-state index contributed by atoms with van der Waals surface area (Å²) in [6, 6.07) is 1.75. The number of rotatable bonds is 4. The second-order valence-corrected chi connectivity index (χ2v) is 4.84. The van der Waals surface area contributed by atoms with E-state index < -0.39 is 0 Å². The van der Waals surface area contributed by atoms with Crippen LogP contribution in [0.25, 0.3) is 0 Å². The van der Waals surface area contributed by atoms with Gasteiger partial charge < -0.3 is 15.4 Å². The molecule has 0 unspecified atom stereocenters. The van der Waals surface area contributed by atoms with Crippen LogP contribution >= 0.6 is 0 Å². The lowest BCUT2D eigenvalue weighted by Crippen LogP contribution is -2.39. The molecule has 5 nitrogen and oxygen atoms in total. The van der Waals surface area contributed by atoms with Gasteiger partial charge in [0.15, 0.2) is 0 Å². The van der Waals surface area contributed by atoms with E-state index in [4.69, 9.17) is 4.74 Å². The topological polar surface area (TPSA) is 59.1 Å². The highest BCUT2D eigenvalue weighted by Gasteiger charge is 2.26. The third-order valence-corrected chi connectivity index (χ3v) is 3.32. The molecule has 5 heteroatoms. The monoisotopic (exact) mass is 236 g/mol. The lowest BCUT2D eigenvalue weighted by atomic mass is 9.81. The van der Waals surface area contributed by atoms with Crippen molar-refractivity contribution >= 4 is 5.95 Å². The minimum absolute atomic E-state index is 0.331. The Morgan fingerprint density at radius 2 is 2.24 bits per heavy atom. The first-order chi connectivity index (χ1) is 8.22. The van der Waals surface area contributed by atoms with E-state index in [0.29, 0.717) is 17.2 Å². The van der Waals surface area contributed by atoms with Crippen LogP contribution < -0.4 is 15.4 Å². The summed E-state index contributed by atoms with van der Waals surface area (Å²) in [5.74, 6) is 1.24. The maximum absolute atomic E-state index is 5.07. The third-order valence-electron chi connectivity index (χ3n) is 3.32. The summed E-state index contributed by atoms with van der Waals surface area (Å²) in [5, 5.41) is 6.68. The van der Waals surface area contributed by atoms with Crippen molar-refractivity contribution in [3.05, 3.63) is 12.3 Å². The number of nitrogens with zero attached hydrogens (tertiary/aromatic N) is 2. The van der Waals surface area contributed by atoms with Gasteiger partial charge in [-0.3, -0.25) is 0 Å². The average Bonchev–Trinajstić information content (AvgIpc) is 2.38. The van der Waals surface area contributed by atoms with Gasteiger partial charge in [0.2, 0.25) is 11.8 Å². The molecule has 2 rings (SSSR count). The van der Waals surface area contributed by atoms with Crippen LogP contribution in [0.2, 0.25) is 0 Å². The molecule has 1 aliphatic rings. The largest absolute Gasteiger partial charge is 0.481 e. The molecular formula is C12H20N4O. The molecular weight excluding hydrogens is 216 g/mol. The lowest BCUT2D eigenvalue weighted by molar-refractivity contribution is 0.247. The van der Waals surface area contributed by atoms with Crippen molar-refractivity contribution in [3.63, 3.8) is 0 Å². The van der Waals surface area contributed by atoms with Crippen LogP contribution in [-0.2, 0) is 0 Å². The Hall–Kier alpha value is -1.36. The number of hydrogen-bond donors (Lipinski definition) is 2. The summed E-state index contributed by atoms with van der Waals surface area (Å²) in [6.07, 6.45) is 4.08. The Morgan fingerprint density at radius 1 is 1.47 bits per heavy atom.